The van der Waals surface area contributed by atoms with Crippen LogP contribution in [0, 0.1) is 12.7 Å². The second-order valence-electron chi connectivity index (χ2n) is 12.0. The number of unbranched alkanes of at least 4 members (excludes halogenated alkanes) is 1. The Kier molecular flexibility index (Phi) is 9.08. The first-order chi connectivity index (χ1) is 22.7. The van der Waals surface area contributed by atoms with Crippen molar-refractivity contribution in [3.8, 4) is 0 Å². The number of halogens is 1. The summed E-state index contributed by atoms with van der Waals surface area (Å²) in [5.41, 5.74) is 4.02. The van der Waals surface area contributed by atoms with Gasteiger partial charge in [0.15, 0.2) is 11.2 Å². The number of carboxylic acid groups (broad SMARTS) is 1. The highest BCUT2D eigenvalue weighted by atomic mass is 19.1. The van der Waals surface area contributed by atoms with Gasteiger partial charge in [-0.15, -0.1) is 0 Å². The Labute approximate surface area is 270 Å². The third-order valence-electron chi connectivity index (χ3n) is 9.02. The first kappa shape index (κ1) is 31.9. The molecule has 1 saturated heterocycles. The van der Waals surface area contributed by atoms with Crippen molar-refractivity contribution in [3.63, 3.8) is 0 Å². The topological polar surface area (TPSA) is 152 Å². The third kappa shape index (κ3) is 6.48. The molecule has 6 rings (SSSR count). The molecule has 5 aromatic rings. The van der Waals surface area contributed by atoms with Gasteiger partial charge < -0.3 is 24.9 Å². The molecule has 246 valence electrons. The monoisotopic (exact) mass is 642 g/mol. The van der Waals surface area contributed by atoms with Crippen molar-refractivity contribution in [1.29, 1.82) is 0 Å². The summed E-state index contributed by atoms with van der Waals surface area (Å²) in [6.45, 7) is 10.3. The number of hydrogen-bond donors (Lipinski definition) is 4. The number of aromatic nitrogens is 5. The van der Waals surface area contributed by atoms with E-state index in [4.69, 9.17) is 0 Å². The number of imidazole rings is 1. The predicted molar refractivity (Wildman–Crippen MR) is 181 cm³/mol. The molecular formula is C34H39FN8O4. The lowest BCUT2D eigenvalue weighted by molar-refractivity contribution is 0.0694. The number of carbonyl (C=O) groups is 1. The van der Waals surface area contributed by atoms with Gasteiger partial charge in [-0.1, -0.05) is 19.9 Å². The molecule has 0 unspecified atom stereocenters. The predicted octanol–water partition coefficient (Wildman–Crippen LogP) is 4.58. The normalized spacial score (nSPS) is 13.9. The van der Waals surface area contributed by atoms with Crippen LogP contribution in [0.5, 0.6) is 0 Å². The Morgan fingerprint density at radius 2 is 1.79 bits per heavy atom. The SMILES string of the molecule is CCc1cc(Nc2nc3c(ncn3CCCCN3CCN(c4cc5[nH]c(CC)c(C(=O)O)c(=O)c5cc4F)CC3)c(=O)[nH]2)ccc1C. The van der Waals surface area contributed by atoms with Gasteiger partial charge in [0, 0.05) is 49.5 Å². The number of H-pyrrole nitrogens is 2. The summed E-state index contributed by atoms with van der Waals surface area (Å²) in [5.74, 6) is -1.49. The quantitative estimate of drug-likeness (QED) is 0.152. The number of pyridine rings is 1. The van der Waals surface area contributed by atoms with Crippen molar-refractivity contribution in [2.45, 2.75) is 53.0 Å². The maximum absolute atomic E-state index is 15.2. The Balaban J connectivity index is 1.05. The van der Waals surface area contributed by atoms with Crippen LogP contribution in [0.4, 0.5) is 21.7 Å². The number of nitrogens with one attached hydrogen (secondary N) is 3. The van der Waals surface area contributed by atoms with Crippen LogP contribution in [0.1, 0.15) is 53.9 Å². The highest BCUT2D eigenvalue weighted by Crippen LogP contribution is 2.26. The van der Waals surface area contributed by atoms with Crippen molar-refractivity contribution < 1.29 is 14.3 Å². The molecule has 0 radical (unpaired) electrons. The van der Waals surface area contributed by atoms with E-state index in [1.807, 2.05) is 21.6 Å². The number of piperazine rings is 1. The second kappa shape index (κ2) is 13.4. The zero-order valence-electron chi connectivity index (χ0n) is 26.8. The molecule has 1 fully saturated rings. The van der Waals surface area contributed by atoms with E-state index in [2.05, 4.69) is 50.1 Å². The Morgan fingerprint density at radius 1 is 1.02 bits per heavy atom. The molecule has 0 atom stereocenters. The van der Waals surface area contributed by atoms with Crippen LogP contribution in [0.15, 0.2) is 46.2 Å². The number of aryl methyl sites for hydroxylation is 4. The summed E-state index contributed by atoms with van der Waals surface area (Å²) in [4.78, 5) is 56.3. The molecular weight excluding hydrogens is 603 g/mol. The van der Waals surface area contributed by atoms with Gasteiger partial charge in [0.2, 0.25) is 11.4 Å². The minimum Gasteiger partial charge on any atom is -0.477 e. The van der Waals surface area contributed by atoms with Gasteiger partial charge in [0.1, 0.15) is 11.4 Å². The number of hydrogen-bond acceptors (Lipinski definition) is 8. The first-order valence-corrected chi connectivity index (χ1v) is 16.1. The number of benzene rings is 2. The summed E-state index contributed by atoms with van der Waals surface area (Å²) < 4.78 is 17.1. The lowest BCUT2D eigenvalue weighted by Crippen LogP contribution is -2.47. The van der Waals surface area contributed by atoms with Crippen LogP contribution in [-0.2, 0) is 19.4 Å². The molecule has 47 heavy (non-hydrogen) atoms. The first-order valence-electron chi connectivity index (χ1n) is 16.1. The summed E-state index contributed by atoms with van der Waals surface area (Å²) in [5, 5.41) is 12.8. The minimum absolute atomic E-state index is 0.0364. The molecule has 1 aliphatic rings. The lowest BCUT2D eigenvalue weighted by Gasteiger charge is -2.36. The number of aromatic carboxylic acids is 1. The Hall–Kier alpha value is -5.04. The molecule has 0 bridgehead atoms. The number of fused-ring (bicyclic) bond motifs is 2. The molecule has 0 amide bonds. The van der Waals surface area contributed by atoms with Crippen LogP contribution in [0.25, 0.3) is 22.1 Å². The van der Waals surface area contributed by atoms with E-state index in [9.17, 15) is 19.5 Å². The van der Waals surface area contributed by atoms with Gasteiger partial charge in [-0.25, -0.2) is 14.2 Å². The van der Waals surface area contributed by atoms with E-state index >= 15 is 4.39 Å². The van der Waals surface area contributed by atoms with Gasteiger partial charge >= 0.3 is 5.97 Å². The minimum atomic E-state index is -1.32. The van der Waals surface area contributed by atoms with Crippen LogP contribution < -0.4 is 21.2 Å². The molecule has 12 nitrogen and oxygen atoms in total. The standard InChI is InChI=1S/C34H39FN8O4/c1-4-21-16-22(9-8-20(21)3)37-34-39-31-29(32(45)40-34)36-19-43(31)11-7-6-10-41-12-14-42(15-13-41)27-18-26-23(17-24(27)35)30(44)28(33(46)47)25(5-2)38-26/h8-9,16-19H,4-7,10-15H2,1-3H3,(H,38,44)(H,46,47)(H2,37,39,40,45). The van der Waals surface area contributed by atoms with E-state index in [1.54, 1.807) is 19.3 Å². The fourth-order valence-corrected chi connectivity index (χ4v) is 6.36. The van der Waals surface area contributed by atoms with Gasteiger partial charge in [-0.05, 0) is 74.5 Å². The lowest BCUT2D eigenvalue weighted by atomic mass is 10.1. The molecule has 1 aliphatic heterocycles. The van der Waals surface area contributed by atoms with E-state index in [0.717, 1.165) is 50.7 Å². The average molecular weight is 643 g/mol. The van der Waals surface area contributed by atoms with Crippen LogP contribution in [-0.4, -0.2) is 73.2 Å². The summed E-state index contributed by atoms with van der Waals surface area (Å²) in [6.07, 6.45) is 4.71. The number of carboxylic acids is 1. The summed E-state index contributed by atoms with van der Waals surface area (Å²) in [6, 6.07) is 8.85. The van der Waals surface area contributed by atoms with Crippen LogP contribution in [0.2, 0.25) is 0 Å². The van der Waals surface area contributed by atoms with E-state index in [0.29, 0.717) is 60.1 Å². The van der Waals surface area contributed by atoms with E-state index in [1.165, 1.54) is 11.1 Å². The second-order valence-corrected chi connectivity index (χ2v) is 12.0. The van der Waals surface area contributed by atoms with Gasteiger partial charge in [-0.2, -0.15) is 4.98 Å². The smallest absolute Gasteiger partial charge is 0.341 e. The van der Waals surface area contributed by atoms with Gasteiger partial charge in [0.25, 0.3) is 5.56 Å². The van der Waals surface area contributed by atoms with E-state index in [-0.39, 0.29) is 16.5 Å². The van der Waals surface area contributed by atoms with Crippen molar-refractivity contribution in [3.05, 3.63) is 85.4 Å². The highest BCUT2D eigenvalue weighted by molar-refractivity contribution is 5.94. The number of rotatable bonds is 11. The largest absolute Gasteiger partial charge is 0.477 e. The molecule has 13 heteroatoms. The summed E-state index contributed by atoms with van der Waals surface area (Å²) >= 11 is 0. The van der Waals surface area contributed by atoms with Gasteiger partial charge in [-0.3, -0.25) is 19.5 Å². The van der Waals surface area contributed by atoms with E-state index < -0.39 is 17.2 Å². The average Bonchev–Trinajstić information content (AvgIpc) is 3.47. The fraction of sp³-hybridized carbons (Fsp3) is 0.382. The maximum Gasteiger partial charge on any atom is 0.341 e. The number of anilines is 3. The zero-order chi connectivity index (χ0) is 33.2. The Bertz CT molecular complexity index is 2080. The van der Waals surface area contributed by atoms with Crippen molar-refractivity contribution in [2.75, 3.05) is 42.9 Å². The molecule has 0 saturated carbocycles. The molecule has 4 N–H and O–H groups in total. The van der Waals surface area contributed by atoms with Crippen molar-refractivity contribution in [1.82, 2.24) is 29.4 Å². The zero-order valence-corrected chi connectivity index (χ0v) is 26.8. The molecule has 2 aromatic carbocycles. The molecule has 3 aromatic heterocycles. The number of aromatic amines is 2. The maximum atomic E-state index is 15.2. The van der Waals surface area contributed by atoms with Crippen LogP contribution in [0.3, 0.4) is 0 Å². The van der Waals surface area contributed by atoms with Gasteiger partial charge in [0.05, 0.1) is 17.5 Å². The van der Waals surface area contributed by atoms with Crippen molar-refractivity contribution in [2.24, 2.45) is 0 Å². The fourth-order valence-electron chi connectivity index (χ4n) is 6.36. The Morgan fingerprint density at radius 3 is 2.51 bits per heavy atom. The summed E-state index contributed by atoms with van der Waals surface area (Å²) in [7, 11) is 0. The molecule has 0 aliphatic carbocycles. The van der Waals surface area contributed by atoms with Crippen LogP contribution >= 0.6 is 0 Å². The van der Waals surface area contributed by atoms with Crippen molar-refractivity contribution >= 4 is 45.4 Å². The third-order valence-corrected chi connectivity index (χ3v) is 9.02. The highest BCUT2D eigenvalue weighted by Gasteiger charge is 2.23. The molecule has 0 spiro atoms. The number of nitrogens with zero attached hydrogens (tertiary/aromatic N) is 5. The molecule has 4 heterocycles.